The number of carbonyl (C=O) groups excluding carboxylic acids is 2. The highest BCUT2D eigenvalue weighted by Crippen LogP contribution is 2.34. The number of H-pyrrole nitrogens is 2. The first-order valence-corrected chi connectivity index (χ1v) is 12.6. The maximum absolute atomic E-state index is 13.0. The van der Waals surface area contributed by atoms with E-state index in [9.17, 15) is 19.5 Å². The third-order valence-electron chi connectivity index (χ3n) is 6.76. The second-order valence-corrected chi connectivity index (χ2v) is 10.6. The second kappa shape index (κ2) is 10.2. The molecule has 0 radical (unpaired) electrons. The normalized spacial score (nSPS) is 14.6. The van der Waals surface area contributed by atoms with Crippen molar-refractivity contribution in [2.24, 2.45) is 0 Å². The smallest absolute Gasteiger partial charge is 0.340 e. The molecule has 1 aliphatic carbocycles. The predicted molar refractivity (Wildman–Crippen MR) is 143 cm³/mol. The predicted octanol–water partition coefficient (Wildman–Crippen LogP) is 2.91. The van der Waals surface area contributed by atoms with E-state index in [1.807, 2.05) is 51.1 Å². The van der Waals surface area contributed by atoms with Crippen molar-refractivity contribution < 1.29 is 14.7 Å². The Bertz CT molecular complexity index is 1620. The fourth-order valence-electron chi connectivity index (χ4n) is 4.75. The summed E-state index contributed by atoms with van der Waals surface area (Å²) in [4.78, 5) is 47.8. The summed E-state index contributed by atoms with van der Waals surface area (Å²) < 4.78 is 0. The minimum absolute atomic E-state index is 0.0649. The van der Waals surface area contributed by atoms with Crippen molar-refractivity contribution in [1.82, 2.24) is 35.8 Å². The van der Waals surface area contributed by atoms with Crippen LogP contribution in [0.25, 0.3) is 11.4 Å². The number of hydrogen-bond donors (Lipinski definition) is 5. The van der Waals surface area contributed by atoms with Crippen LogP contribution in [-0.4, -0.2) is 42.1 Å². The van der Waals surface area contributed by atoms with Gasteiger partial charge in [0.25, 0.3) is 11.8 Å². The number of phenols is 1. The van der Waals surface area contributed by atoms with E-state index in [0.717, 1.165) is 34.2 Å². The van der Waals surface area contributed by atoms with Crippen molar-refractivity contribution in [1.29, 1.82) is 0 Å². The van der Waals surface area contributed by atoms with Gasteiger partial charge in [-0.2, -0.15) is 5.10 Å². The third-order valence-corrected chi connectivity index (χ3v) is 6.76. The SMILES string of the molecule is CC(C)(C)c1ccc(CNC(=O)c2cc(C(=O)N[C@H]3CCc4cc(-c5n[nH]c(=O)[nH]5)ccc43)ncn2)cc1O. The zero-order valence-electron chi connectivity index (χ0n) is 21.8. The summed E-state index contributed by atoms with van der Waals surface area (Å²) in [7, 11) is 0. The lowest BCUT2D eigenvalue weighted by Gasteiger charge is -2.20. The fourth-order valence-corrected chi connectivity index (χ4v) is 4.75. The lowest BCUT2D eigenvalue weighted by molar-refractivity contribution is 0.0931. The van der Waals surface area contributed by atoms with Crippen LogP contribution in [0.5, 0.6) is 5.75 Å². The summed E-state index contributed by atoms with van der Waals surface area (Å²) in [6, 6.07) is 12.2. The largest absolute Gasteiger partial charge is 0.508 e. The molecular weight excluding hydrogens is 498 g/mol. The quantitative estimate of drug-likeness (QED) is 0.257. The van der Waals surface area contributed by atoms with Crippen molar-refractivity contribution >= 4 is 11.8 Å². The van der Waals surface area contributed by atoms with E-state index in [1.54, 1.807) is 6.07 Å². The third kappa shape index (κ3) is 5.57. The number of aromatic hydroxyl groups is 1. The molecule has 2 heterocycles. The molecule has 5 N–H and O–H groups in total. The van der Waals surface area contributed by atoms with Gasteiger partial charge in [0.1, 0.15) is 23.5 Å². The Morgan fingerprint density at radius 2 is 1.82 bits per heavy atom. The molecule has 4 aromatic rings. The van der Waals surface area contributed by atoms with E-state index in [-0.39, 0.29) is 40.8 Å². The van der Waals surface area contributed by atoms with Gasteiger partial charge in [-0.3, -0.25) is 14.6 Å². The van der Waals surface area contributed by atoms with Gasteiger partial charge < -0.3 is 15.7 Å². The lowest BCUT2D eigenvalue weighted by atomic mass is 9.86. The molecule has 1 atom stereocenters. The van der Waals surface area contributed by atoms with Gasteiger partial charge in [-0.05, 0) is 52.6 Å². The van der Waals surface area contributed by atoms with Crippen LogP contribution in [0.1, 0.15) is 76.5 Å². The lowest BCUT2D eigenvalue weighted by Crippen LogP contribution is -2.29. The molecule has 0 spiro atoms. The van der Waals surface area contributed by atoms with E-state index in [4.69, 9.17) is 0 Å². The molecule has 2 aromatic heterocycles. The van der Waals surface area contributed by atoms with Crippen molar-refractivity contribution in [2.75, 3.05) is 0 Å². The number of phenolic OH excluding ortho intramolecular Hbond substituents is 1. The summed E-state index contributed by atoms with van der Waals surface area (Å²) in [5.41, 5.74) is 3.97. The molecule has 11 nitrogen and oxygen atoms in total. The Morgan fingerprint density at radius 3 is 2.51 bits per heavy atom. The molecule has 39 heavy (non-hydrogen) atoms. The Kier molecular flexibility index (Phi) is 6.73. The fraction of sp³-hybridized carbons (Fsp3) is 0.286. The number of aromatic nitrogens is 5. The first-order chi connectivity index (χ1) is 18.6. The maximum Gasteiger partial charge on any atom is 0.340 e. The van der Waals surface area contributed by atoms with Gasteiger partial charge in [-0.15, -0.1) is 0 Å². The number of aromatic amines is 2. The number of aryl methyl sites for hydroxylation is 1. The summed E-state index contributed by atoms with van der Waals surface area (Å²) in [6.07, 6.45) is 2.65. The zero-order chi connectivity index (χ0) is 27.7. The van der Waals surface area contributed by atoms with Crippen LogP contribution in [0.3, 0.4) is 0 Å². The topological polar surface area (TPSA) is 166 Å². The van der Waals surface area contributed by atoms with E-state index >= 15 is 0 Å². The first kappa shape index (κ1) is 25.8. The van der Waals surface area contributed by atoms with Gasteiger partial charge in [0.2, 0.25) is 0 Å². The molecule has 0 bridgehead atoms. The Balaban J connectivity index is 1.23. The highest BCUT2D eigenvalue weighted by atomic mass is 16.3. The second-order valence-electron chi connectivity index (χ2n) is 10.6. The van der Waals surface area contributed by atoms with Crippen LogP contribution in [0.2, 0.25) is 0 Å². The van der Waals surface area contributed by atoms with Gasteiger partial charge in [0.15, 0.2) is 5.82 Å². The van der Waals surface area contributed by atoms with Crippen LogP contribution in [0.4, 0.5) is 0 Å². The number of carbonyl (C=O) groups is 2. The van der Waals surface area contributed by atoms with Gasteiger partial charge in [-0.25, -0.2) is 19.9 Å². The highest BCUT2D eigenvalue weighted by Gasteiger charge is 2.26. The monoisotopic (exact) mass is 527 g/mol. The molecule has 2 aromatic carbocycles. The van der Waals surface area contributed by atoms with Gasteiger partial charge in [0.05, 0.1) is 6.04 Å². The Hall–Kier alpha value is -4.80. The average molecular weight is 528 g/mol. The molecule has 200 valence electrons. The minimum Gasteiger partial charge on any atom is -0.508 e. The summed E-state index contributed by atoms with van der Waals surface area (Å²) in [5, 5.41) is 22.4. The summed E-state index contributed by atoms with van der Waals surface area (Å²) in [5.74, 6) is -0.231. The van der Waals surface area contributed by atoms with Crippen LogP contribution in [-0.2, 0) is 18.4 Å². The molecule has 5 rings (SSSR count). The highest BCUT2D eigenvalue weighted by molar-refractivity contribution is 5.97. The number of nitrogens with one attached hydrogen (secondary N) is 4. The molecule has 0 aliphatic heterocycles. The summed E-state index contributed by atoms with van der Waals surface area (Å²) in [6.45, 7) is 6.23. The van der Waals surface area contributed by atoms with Crippen LogP contribution in [0.15, 0.2) is 53.6 Å². The first-order valence-electron chi connectivity index (χ1n) is 12.6. The Morgan fingerprint density at radius 1 is 1.05 bits per heavy atom. The summed E-state index contributed by atoms with van der Waals surface area (Å²) >= 11 is 0. The molecule has 2 amide bonds. The minimum atomic E-state index is -0.457. The van der Waals surface area contributed by atoms with Crippen LogP contribution < -0.4 is 16.3 Å². The van der Waals surface area contributed by atoms with Gasteiger partial charge >= 0.3 is 5.69 Å². The number of hydrogen-bond acceptors (Lipinski definition) is 7. The van der Waals surface area contributed by atoms with E-state index in [2.05, 4.69) is 35.8 Å². The molecule has 1 aliphatic rings. The van der Waals surface area contributed by atoms with Crippen molar-refractivity contribution in [3.8, 4) is 17.1 Å². The number of benzene rings is 2. The zero-order valence-corrected chi connectivity index (χ0v) is 21.8. The van der Waals surface area contributed by atoms with Crippen molar-refractivity contribution in [3.63, 3.8) is 0 Å². The molecule has 11 heteroatoms. The van der Waals surface area contributed by atoms with Gasteiger partial charge in [0, 0.05) is 18.2 Å². The molecule has 0 saturated heterocycles. The van der Waals surface area contributed by atoms with E-state index in [0.29, 0.717) is 12.2 Å². The number of amides is 2. The van der Waals surface area contributed by atoms with Crippen molar-refractivity contribution in [3.05, 3.63) is 92.9 Å². The maximum atomic E-state index is 13.0. The van der Waals surface area contributed by atoms with Crippen LogP contribution >= 0.6 is 0 Å². The molecule has 0 saturated carbocycles. The molecule has 0 unspecified atom stereocenters. The standard InChI is InChI=1S/C28H29N7O4/c1-28(2,3)19-8-4-15(10-23(19)36)13-29-25(37)21-12-22(31-14-30-21)26(38)32-20-9-6-16-11-17(5-7-18(16)20)24-33-27(39)35-34-24/h4-5,7-8,10-12,14,20,36H,6,9,13H2,1-3H3,(H,29,37)(H,32,38)(H2,33,34,35,39)/t20-/m0/s1. The molecule has 0 fully saturated rings. The number of nitrogens with zero attached hydrogens (tertiary/aromatic N) is 3. The van der Waals surface area contributed by atoms with E-state index < -0.39 is 11.8 Å². The van der Waals surface area contributed by atoms with Gasteiger partial charge in [-0.1, -0.05) is 45.0 Å². The Labute approximate surface area is 224 Å². The number of rotatable bonds is 6. The average Bonchev–Trinajstić information content (AvgIpc) is 3.52. The number of fused-ring (bicyclic) bond motifs is 1. The van der Waals surface area contributed by atoms with E-state index in [1.165, 1.54) is 12.4 Å². The molecular formula is C28H29N7O4. The van der Waals surface area contributed by atoms with Crippen LogP contribution in [0, 0.1) is 0 Å². The van der Waals surface area contributed by atoms with Crippen molar-refractivity contribution in [2.45, 2.75) is 51.6 Å².